The Morgan fingerprint density at radius 3 is 2.55 bits per heavy atom. The Hall–Kier alpha value is -1.85. The van der Waals surface area contributed by atoms with E-state index in [0.29, 0.717) is 32.4 Å². The van der Waals surface area contributed by atoms with Gasteiger partial charge in [0.05, 0.1) is 23.7 Å². The van der Waals surface area contributed by atoms with Crippen LogP contribution in [0.4, 0.5) is 18.0 Å². The Balaban J connectivity index is 1.67. The third kappa shape index (κ3) is 5.61. The number of alkyl halides is 3. The molecule has 7 nitrogen and oxygen atoms in total. The van der Waals surface area contributed by atoms with Gasteiger partial charge in [-0.1, -0.05) is 0 Å². The zero-order chi connectivity index (χ0) is 21.2. The molecule has 2 heterocycles. The first kappa shape index (κ1) is 21.8. The highest BCUT2D eigenvalue weighted by Gasteiger charge is 2.34. The average Bonchev–Trinajstić information content (AvgIpc) is 3.19. The van der Waals surface area contributed by atoms with E-state index in [9.17, 15) is 26.4 Å². The van der Waals surface area contributed by atoms with Crippen LogP contribution in [-0.2, 0) is 32.0 Å². The van der Waals surface area contributed by atoms with E-state index in [-0.39, 0.29) is 24.3 Å². The largest absolute Gasteiger partial charge is 0.416 e. The molecule has 3 rings (SSSR count). The second-order valence-corrected chi connectivity index (χ2v) is 9.27. The van der Waals surface area contributed by atoms with Gasteiger partial charge < -0.3 is 19.7 Å². The third-order valence-corrected chi connectivity index (χ3v) is 6.04. The first-order valence-electron chi connectivity index (χ1n) is 9.21. The van der Waals surface area contributed by atoms with Crippen LogP contribution in [0.5, 0.6) is 0 Å². The van der Waals surface area contributed by atoms with Gasteiger partial charge >= 0.3 is 12.2 Å². The number of carbonyl (C=O) groups excluding carboxylic acids is 1. The van der Waals surface area contributed by atoms with E-state index in [0.717, 1.165) is 31.2 Å². The Kier molecular flexibility index (Phi) is 6.39. The van der Waals surface area contributed by atoms with E-state index >= 15 is 0 Å². The summed E-state index contributed by atoms with van der Waals surface area (Å²) in [6, 6.07) is 2.15. The van der Waals surface area contributed by atoms with Crippen molar-refractivity contribution in [2.75, 3.05) is 32.6 Å². The van der Waals surface area contributed by atoms with Crippen LogP contribution in [0.2, 0.25) is 0 Å². The number of halogens is 3. The van der Waals surface area contributed by atoms with Crippen LogP contribution in [0.3, 0.4) is 0 Å². The lowest BCUT2D eigenvalue weighted by Crippen LogP contribution is -2.47. The van der Waals surface area contributed by atoms with Gasteiger partial charge in [0.1, 0.15) is 0 Å². The van der Waals surface area contributed by atoms with E-state index in [4.69, 9.17) is 9.47 Å². The predicted octanol–water partition coefficient (Wildman–Crippen LogP) is 2.40. The molecule has 1 aromatic rings. The summed E-state index contributed by atoms with van der Waals surface area (Å²) in [6.07, 6.45) is -2.57. The van der Waals surface area contributed by atoms with Gasteiger partial charge in [0.15, 0.2) is 16.1 Å². The van der Waals surface area contributed by atoms with Gasteiger partial charge in [0.25, 0.3) is 0 Å². The number of ether oxygens (including phenoxy) is 2. The second-order valence-electron chi connectivity index (χ2n) is 7.25. The minimum absolute atomic E-state index is 0.0439. The van der Waals surface area contributed by atoms with Crippen molar-refractivity contribution in [1.82, 2.24) is 10.2 Å². The van der Waals surface area contributed by atoms with Gasteiger partial charge in [-0.25, -0.2) is 13.2 Å². The lowest BCUT2D eigenvalue weighted by atomic mass is 9.98. The Morgan fingerprint density at radius 1 is 1.24 bits per heavy atom. The standard InChI is InChI=1S/C18H23F3N2O5S/c1-29(25,26)15-8-12(7-14(9-15)18(19,20)21)10-22-17(24)23-4-2-3-13(11-23)16-27-5-6-28-16/h7-9,13,16H,2-6,10-11H2,1H3,(H,22,24). The summed E-state index contributed by atoms with van der Waals surface area (Å²) >= 11 is 0. The zero-order valence-electron chi connectivity index (χ0n) is 15.9. The van der Waals surface area contributed by atoms with Crippen molar-refractivity contribution < 1.29 is 35.9 Å². The van der Waals surface area contributed by atoms with Crippen LogP contribution in [0, 0.1) is 5.92 Å². The van der Waals surface area contributed by atoms with Gasteiger partial charge in [-0.2, -0.15) is 13.2 Å². The highest BCUT2D eigenvalue weighted by molar-refractivity contribution is 7.90. The van der Waals surface area contributed by atoms with Crippen molar-refractivity contribution in [2.24, 2.45) is 5.92 Å². The minimum atomic E-state index is -4.69. The minimum Gasteiger partial charge on any atom is -0.350 e. The Labute approximate surface area is 167 Å². The van der Waals surface area contributed by atoms with Crippen LogP contribution in [-0.4, -0.2) is 58.2 Å². The van der Waals surface area contributed by atoms with E-state index in [2.05, 4.69) is 5.32 Å². The maximum Gasteiger partial charge on any atom is 0.416 e. The first-order chi connectivity index (χ1) is 13.5. The average molecular weight is 436 g/mol. The highest BCUT2D eigenvalue weighted by Crippen LogP contribution is 2.32. The molecule has 29 heavy (non-hydrogen) atoms. The van der Waals surface area contributed by atoms with E-state index < -0.39 is 32.5 Å². The number of amides is 2. The summed E-state index contributed by atoms with van der Waals surface area (Å²) in [5.74, 6) is 0.0439. The molecule has 0 radical (unpaired) electrons. The third-order valence-electron chi connectivity index (χ3n) is 4.94. The molecule has 1 N–H and O–H groups in total. The van der Waals surface area contributed by atoms with Gasteiger partial charge in [-0.3, -0.25) is 0 Å². The molecule has 2 saturated heterocycles. The zero-order valence-corrected chi connectivity index (χ0v) is 16.7. The highest BCUT2D eigenvalue weighted by atomic mass is 32.2. The molecule has 0 aliphatic carbocycles. The number of piperidine rings is 1. The second kappa shape index (κ2) is 8.49. The quantitative estimate of drug-likeness (QED) is 0.784. The molecule has 1 unspecified atom stereocenters. The van der Waals surface area contributed by atoms with Crippen molar-refractivity contribution in [3.8, 4) is 0 Å². The first-order valence-corrected chi connectivity index (χ1v) is 11.1. The van der Waals surface area contributed by atoms with Crippen LogP contribution >= 0.6 is 0 Å². The molecule has 0 spiro atoms. The number of likely N-dealkylation sites (tertiary alicyclic amines) is 1. The molecular formula is C18H23F3N2O5S. The maximum atomic E-state index is 13.1. The molecule has 2 amide bonds. The van der Waals surface area contributed by atoms with Crippen molar-refractivity contribution in [3.05, 3.63) is 29.3 Å². The topological polar surface area (TPSA) is 84.9 Å². The van der Waals surface area contributed by atoms with Gasteiger partial charge in [0.2, 0.25) is 0 Å². The molecular weight excluding hydrogens is 413 g/mol. The molecule has 2 aliphatic rings. The van der Waals surface area contributed by atoms with Crippen LogP contribution in [0.1, 0.15) is 24.0 Å². The number of carbonyl (C=O) groups is 1. The number of rotatable bonds is 4. The van der Waals surface area contributed by atoms with Crippen LogP contribution in [0.15, 0.2) is 23.1 Å². The number of hydrogen-bond donors (Lipinski definition) is 1. The number of nitrogens with one attached hydrogen (secondary N) is 1. The summed E-state index contributed by atoms with van der Waals surface area (Å²) in [5.41, 5.74) is -1.01. The van der Waals surface area contributed by atoms with Gasteiger partial charge in [0, 0.05) is 31.8 Å². The summed E-state index contributed by atoms with van der Waals surface area (Å²) in [5, 5.41) is 2.58. The lowest BCUT2D eigenvalue weighted by Gasteiger charge is -2.34. The number of nitrogens with zero attached hydrogens (tertiary/aromatic N) is 1. The normalized spacial score (nSPS) is 21.4. The van der Waals surface area contributed by atoms with Crippen molar-refractivity contribution in [2.45, 2.75) is 36.7 Å². The van der Waals surface area contributed by atoms with E-state index in [1.54, 1.807) is 4.90 Å². The van der Waals surface area contributed by atoms with Crippen molar-refractivity contribution in [1.29, 1.82) is 0 Å². The van der Waals surface area contributed by atoms with Crippen LogP contribution < -0.4 is 5.32 Å². The van der Waals surface area contributed by atoms with Gasteiger partial charge in [-0.05, 0) is 36.6 Å². The van der Waals surface area contributed by atoms with Crippen molar-refractivity contribution >= 4 is 15.9 Å². The molecule has 11 heteroatoms. The van der Waals surface area contributed by atoms with E-state index in [1.807, 2.05) is 0 Å². The summed E-state index contributed by atoms with van der Waals surface area (Å²) in [7, 11) is -3.83. The molecule has 2 aliphatic heterocycles. The van der Waals surface area contributed by atoms with Gasteiger partial charge in [-0.15, -0.1) is 0 Å². The number of benzene rings is 1. The molecule has 162 valence electrons. The maximum absolute atomic E-state index is 13.1. The Morgan fingerprint density at radius 2 is 1.93 bits per heavy atom. The molecule has 2 fully saturated rings. The fourth-order valence-electron chi connectivity index (χ4n) is 3.50. The van der Waals surface area contributed by atoms with E-state index in [1.165, 1.54) is 0 Å². The molecule has 0 saturated carbocycles. The molecule has 0 aromatic heterocycles. The monoisotopic (exact) mass is 436 g/mol. The fourth-order valence-corrected chi connectivity index (χ4v) is 4.20. The smallest absolute Gasteiger partial charge is 0.350 e. The van der Waals surface area contributed by atoms with Crippen molar-refractivity contribution in [3.63, 3.8) is 0 Å². The Bertz CT molecular complexity index is 854. The number of urea groups is 1. The SMILES string of the molecule is CS(=O)(=O)c1cc(CNC(=O)N2CCCC(C3OCCO3)C2)cc(C(F)(F)F)c1. The predicted molar refractivity (Wildman–Crippen MR) is 96.8 cm³/mol. The molecule has 1 aromatic carbocycles. The summed E-state index contributed by atoms with van der Waals surface area (Å²) in [6.45, 7) is 1.76. The molecule has 1 atom stereocenters. The molecule has 0 bridgehead atoms. The summed E-state index contributed by atoms with van der Waals surface area (Å²) < 4.78 is 73.7. The lowest BCUT2D eigenvalue weighted by molar-refractivity contribution is -0.137. The fraction of sp³-hybridized carbons (Fsp3) is 0.611. The summed E-state index contributed by atoms with van der Waals surface area (Å²) in [4.78, 5) is 13.6. The number of sulfone groups is 1. The van der Waals surface area contributed by atoms with Crippen LogP contribution in [0.25, 0.3) is 0 Å². The number of hydrogen-bond acceptors (Lipinski definition) is 5.